The van der Waals surface area contributed by atoms with Crippen molar-refractivity contribution in [1.82, 2.24) is 25.0 Å². The smallest absolute Gasteiger partial charge is 0.187 e. The van der Waals surface area contributed by atoms with Crippen molar-refractivity contribution < 1.29 is 9.50 Å². The van der Waals surface area contributed by atoms with E-state index in [0.717, 1.165) is 6.42 Å². The minimum atomic E-state index is -1.16. The molecule has 0 unspecified atom stereocenters. The van der Waals surface area contributed by atoms with Gasteiger partial charge < -0.3 is 10.0 Å². The summed E-state index contributed by atoms with van der Waals surface area (Å²) in [6.07, 6.45) is 4.92. The molecule has 0 saturated carbocycles. The normalized spacial score (nSPS) is 21.5. The zero-order valence-corrected chi connectivity index (χ0v) is 14.3. The van der Waals surface area contributed by atoms with Crippen molar-refractivity contribution in [3.05, 3.63) is 29.7 Å². The maximum absolute atomic E-state index is 14.5. The Labute approximate surface area is 140 Å². The van der Waals surface area contributed by atoms with Crippen LogP contribution in [-0.4, -0.2) is 43.2 Å². The van der Waals surface area contributed by atoms with Gasteiger partial charge in [-0.3, -0.25) is 0 Å². The Morgan fingerprint density at radius 1 is 1.38 bits per heavy atom. The van der Waals surface area contributed by atoms with Crippen LogP contribution in [-0.2, 0) is 12.0 Å². The molecule has 1 aliphatic rings. The summed E-state index contributed by atoms with van der Waals surface area (Å²) < 4.78 is 16.3. The molecule has 0 amide bonds. The summed E-state index contributed by atoms with van der Waals surface area (Å²) in [5.74, 6) is -0.161. The van der Waals surface area contributed by atoms with Gasteiger partial charge in [0.2, 0.25) is 0 Å². The number of anilines is 1. The quantitative estimate of drug-likeness (QED) is 0.919. The van der Waals surface area contributed by atoms with Crippen LogP contribution in [0.3, 0.4) is 0 Å². The van der Waals surface area contributed by atoms with E-state index in [-0.39, 0.29) is 18.4 Å². The fourth-order valence-corrected chi connectivity index (χ4v) is 3.03. The van der Waals surface area contributed by atoms with Crippen LogP contribution in [0.5, 0.6) is 0 Å². The highest BCUT2D eigenvalue weighted by Crippen LogP contribution is 2.33. The van der Waals surface area contributed by atoms with Gasteiger partial charge in [-0.1, -0.05) is 12.1 Å². The van der Waals surface area contributed by atoms with E-state index in [2.05, 4.69) is 20.3 Å². The van der Waals surface area contributed by atoms with Gasteiger partial charge in [0, 0.05) is 12.6 Å². The first kappa shape index (κ1) is 16.8. The summed E-state index contributed by atoms with van der Waals surface area (Å²) in [5.41, 5.74) is -0.249. The lowest BCUT2D eigenvalue weighted by molar-refractivity contribution is 0.0172. The second kappa shape index (κ2) is 6.43. The van der Waals surface area contributed by atoms with Crippen molar-refractivity contribution in [2.45, 2.75) is 51.7 Å². The molecular weight excluding hydrogens is 311 g/mol. The van der Waals surface area contributed by atoms with Gasteiger partial charge in [0.05, 0.1) is 18.4 Å². The number of rotatable bonds is 4. The Hall–Kier alpha value is -2.09. The van der Waals surface area contributed by atoms with Gasteiger partial charge in [0.25, 0.3) is 0 Å². The number of nitrogens with zero attached hydrogens (tertiary/aromatic N) is 6. The lowest BCUT2D eigenvalue weighted by atomic mass is 9.90. The van der Waals surface area contributed by atoms with Crippen molar-refractivity contribution >= 4 is 5.82 Å². The van der Waals surface area contributed by atoms with E-state index in [1.54, 1.807) is 15.8 Å². The molecule has 7 nitrogen and oxygen atoms in total. The Morgan fingerprint density at radius 2 is 2.17 bits per heavy atom. The van der Waals surface area contributed by atoms with Crippen LogP contribution in [0.4, 0.5) is 10.2 Å². The Balaban J connectivity index is 1.88. The standard InChI is InChI=1S/C16H23FN6O/c1-4-12-14(17)15(19-10-18-12)22-7-5-6-16(24,9-22)13-8-23(11(2)3)21-20-13/h8,10-11,24H,4-7,9H2,1-3H3/t16-/m1/s1. The average molecular weight is 334 g/mol. The van der Waals surface area contributed by atoms with E-state index in [1.807, 2.05) is 20.8 Å². The van der Waals surface area contributed by atoms with E-state index >= 15 is 0 Å². The van der Waals surface area contributed by atoms with E-state index in [4.69, 9.17) is 0 Å². The molecule has 1 aliphatic heterocycles. The summed E-state index contributed by atoms with van der Waals surface area (Å²) >= 11 is 0. The molecule has 2 aromatic heterocycles. The number of aliphatic hydroxyl groups is 1. The fourth-order valence-electron chi connectivity index (χ4n) is 3.03. The predicted molar refractivity (Wildman–Crippen MR) is 87.1 cm³/mol. The van der Waals surface area contributed by atoms with Gasteiger partial charge in [-0.15, -0.1) is 5.10 Å². The third kappa shape index (κ3) is 2.98. The highest BCUT2D eigenvalue weighted by Gasteiger charge is 2.39. The number of piperidine rings is 1. The Bertz CT molecular complexity index is 718. The van der Waals surface area contributed by atoms with Crippen LogP contribution in [0.2, 0.25) is 0 Å². The van der Waals surface area contributed by atoms with Gasteiger partial charge in [0.1, 0.15) is 17.6 Å². The first-order chi connectivity index (χ1) is 11.4. The molecule has 0 aliphatic carbocycles. The molecule has 1 atom stereocenters. The average Bonchev–Trinajstić information content (AvgIpc) is 3.06. The number of aromatic nitrogens is 5. The van der Waals surface area contributed by atoms with Gasteiger partial charge in [-0.05, 0) is 33.1 Å². The molecule has 2 aromatic rings. The van der Waals surface area contributed by atoms with Crippen molar-refractivity contribution in [2.75, 3.05) is 18.0 Å². The van der Waals surface area contributed by atoms with Gasteiger partial charge in [-0.25, -0.2) is 19.0 Å². The molecule has 8 heteroatoms. The first-order valence-corrected chi connectivity index (χ1v) is 8.33. The van der Waals surface area contributed by atoms with Crippen LogP contribution in [0.25, 0.3) is 0 Å². The second-order valence-corrected chi connectivity index (χ2v) is 6.55. The molecule has 1 saturated heterocycles. The number of β-amino-alcohol motifs (C(OH)–C–C–N with tert-alkyl or cyclic N) is 1. The topological polar surface area (TPSA) is 80.0 Å². The molecule has 0 bridgehead atoms. The summed E-state index contributed by atoms with van der Waals surface area (Å²) in [5, 5.41) is 19.3. The largest absolute Gasteiger partial charge is 0.382 e. The SMILES string of the molecule is CCc1ncnc(N2CCC[C@](O)(c3cn(C(C)C)nn3)C2)c1F. The number of hydrogen-bond acceptors (Lipinski definition) is 6. The molecule has 1 N–H and O–H groups in total. The summed E-state index contributed by atoms with van der Waals surface area (Å²) in [6, 6.07) is 0.168. The maximum Gasteiger partial charge on any atom is 0.187 e. The molecule has 3 rings (SSSR count). The minimum Gasteiger partial charge on any atom is -0.382 e. The Kier molecular flexibility index (Phi) is 4.49. The zero-order chi connectivity index (χ0) is 17.3. The third-order valence-corrected chi connectivity index (χ3v) is 4.46. The van der Waals surface area contributed by atoms with Crippen LogP contribution < -0.4 is 4.90 Å². The lowest BCUT2D eigenvalue weighted by Crippen LogP contribution is -2.47. The first-order valence-electron chi connectivity index (χ1n) is 8.33. The van der Waals surface area contributed by atoms with E-state index in [1.165, 1.54) is 6.33 Å². The molecule has 130 valence electrons. The highest BCUT2D eigenvalue weighted by atomic mass is 19.1. The van der Waals surface area contributed by atoms with Crippen LogP contribution in [0.15, 0.2) is 12.5 Å². The maximum atomic E-state index is 14.5. The zero-order valence-electron chi connectivity index (χ0n) is 14.3. The van der Waals surface area contributed by atoms with Crippen molar-refractivity contribution in [1.29, 1.82) is 0 Å². The van der Waals surface area contributed by atoms with E-state index in [0.29, 0.717) is 30.8 Å². The summed E-state index contributed by atoms with van der Waals surface area (Å²) in [4.78, 5) is 9.83. The van der Waals surface area contributed by atoms with Crippen molar-refractivity contribution in [3.63, 3.8) is 0 Å². The van der Waals surface area contributed by atoms with Gasteiger partial charge >= 0.3 is 0 Å². The van der Waals surface area contributed by atoms with Crippen molar-refractivity contribution in [3.8, 4) is 0 Å². The molecule has 24 heavy (non-hydrogen) atoms. The van der Waals surface area contributed by atoms with Crippen LogP contribution in [0.1, 0.15) is 51.0 Å². The second-order valence-electron chi connectivity index (χ2n) is 6.55. The van der Waals surface area contributed by atoms with Crippen molar-refractivity contribution in [2.24, 2.45) is 0 Å². The van der Waals surface area contributed by atoms with Crippen LogP contribution >= 0.6 is 0 Å². The molecule has 3 heterocycles. The summed E-state index contributed by atoms with van der Waals surface area (Å²) in [7, 11) is 0. The molecule has 0 spiro atoms. The van der Waals surface area contributed by atoms with Crippen LogP contribution in [0, 0.1) is 5.82 Å². The number of aryl methyl sites for hydroxylation is 1. The Morgan fingerprint density at radius 3 is 2.83 bits per heavy atom. The molecule has 0 aromatic carbocycles. The van der Waals surface area contributed by atoms with E-state index in [9.17, 15) is 9.50 Å². The third-order valence-electron chi connectivity index (χ3n) is 4.46. The number of hydrogen-bond donors (Lipinski definition) is 1. The van der Waals surface area contributed by atoms with E-state index < -0.39 is 11.4 Å². The molecule has 1 fully saturated rings. The van der Waals surface area contributed by atoms with Gasteiger partial charge in [0.15, 0.2) is 11.6 Å². The fraction of sp³-hybridized carbons (Fsp3) is 0.625. The molecule has 0 radical (unpaired) electrons. The monoisotopic (exact) mass is 334 g/mol. The van der Waals surface area contributed by atoms with Gasteiger partial charge in [-0.2, -0.15) is 0 Å². The minimum absolute atomic E-state index is 0.168. The summed E-state index contributed by atoms with van der Waals surface area (Å²) in [6.45, 7) is 6.72. The number of halogens is 1. The lowest BCUT2D eigenvalue weighted by Gasteiger charge is -2.38. The highest BCUT2D eigenvalue weighted by molar-refractivity contribution is 5.42. The predicted octanol–water partition coefficient (Wildman–Crippen LogP) is 1.84. The molecular formula is C16H23FN6O.